The first-order valence-corrected chi connectivity index (χ1v) is 8.71. The molecular formula is C16H19NO3S. The minimum absolute atomic E-state index is 0.0229. The monoisotopic (exact) mass is 305 g/mol. The molecule has 2 N–H and O–H groups in total. The number of rotatable bonds is 4. The van der Waals surface area contributed by atoms with Gasteiger partial charge in [0.25, 0.3) is 0 Å². The van der Waals surface area contributed by atoms with Gasteiger partial charge in [-0.1, -0.05) is 42.8 Å². The summed E-state index contributed by atoms with van der Waals surface area (Å²) in [6.45, 7) is 0.0305. The molecule has 1 aliphatic carbocycles. The van der Waals surface area contributed by atoms with Crippen LogP contribution in [-0.2, 0) is 10.0 Å². The van der Waals surface area contributed by atoms with E-state index in [0.717, 1.165) is 30.0 Å². The van der Waals surface area contributed by atoms with Crippen molar-refractivity contribution >= 4 is 20.8 Å². The van der Waals surface area contributed by atoms with Gasteiger partial charge in [0, 0.05) is 18.0 Å². The molecule has 2 unspecified atom stereocenters. The number of aliphatic hydroxyl groups excluding tert-OH is 1. The number of sulfonamides is 1. The summed E-state index contributed by atoms with van der Waals surface area (Å²) in [6.07, 6.45) is 2.61. The Bertz CT molecular complexity index is 737. The molecule has 0 saturated heterocycles. The lowest BCUT2D eigenvalue weighted by atomic mass is 10.1. The third-order valence-electron chi connectivity index (χ3n) is 4.24. The zero-order valence-electron chi connectivity index (χ0n) is 11.7. The van der Waals surface area contributed by atoms with Crippen LogP contribution in [0, 0.1) is 5.92 Å². The van der Waals surface area contributed by atoms with Gasteiger partial charge in [0.15, 0.2) is 0 Å². The highest BCUT2D eigenvalue weighted by Crippen LogP contribution is 2.28. The average molecular weight is 305 g/mol. The largest absolute Gasteiger partial charge is 0.396 e. The van der Waals surface area contributed by atoms with Crippen LogP contribution in [-0.4, -0.2) is 26.2 Å². The molecule has 0 aliphatic heterocycles. The quantitative estimate of drug-likeness (QED) is 0.910. The third-order valence-corrected chi connectivity index (χ3v) is 5.79. The Morgan fingerprint density at radius 1 is 1.10 bits per heavy atom. The van der Waals surface area contributed by atoms with Crippen molar-refractivity contribution in [1.82, 2.24) is 4.72 Å². The average Bonchev–Trinajstić information content (AvgIpc) is 2.93. The lowest BCUT2D eigenvalue weighted by Gasteiger charge is -2.19. The van der Waals surface area contributed by atoms with Crippen LogP contribution in [0.5, 0.6) is 0 Å². The first kappa shape index (κ1) is 14.5. The topological polar surface area (TPSA) is 66.4 Å². The molecule has 4 nitrogen and oxygen atoms in total. The van der Waals surface area contributed by atoms with Crippen LogP contribution in [0.15, 0.2) is 47.4 Å². The van der Waals surface area contributed by atoms with Gasteiger partial charge >= 0.3 is 0 Å². The molecule has 2 aromatic rings. The van der Waals surface area contributed by atoms with E-state index in [1.165, 1.54) is 0 Å². The van der Waals surface area contributed by atoms with Crippen LogP contribution in [0.2, 0.25) is 0 Å². The molecule has 0 spiro atoms. The SMILES string of the molecule is O=S(=O)(NC1CCCC1CO)c1cccc2ccccc12. The van der Waals surface area contributed by atoms with Crippen LogP contribution in [0.25, 0.3) is 10.8 Å². The summed E-state index contributed by atoms with van der Waals surface area (Å²) in [7, 11) is -3.57. The lowest BCUT2D eigenvalue weighted by molar-refractivity contribution is 0.213. The second-order valence-electron chi connectivity index (χ2n) is 5.58. The molecule has 21 heavy (non-hydrogen) atoms. The highest BCUT2D eigenvalue weighted by atomic mass is 32.2. The van der Waals surface area contributed by atoms with Gasteiger partial charge in [-0.05, 0) is 30.2 Å². The van der Waals surface area contributed by atoms with Crippen molar-refractivity contribution in [2.75, 3.05) is 6.61 Å². The maximum Gasteiger partial charge on any atom is 0.241 e. The Kier molecular flexibility index (Phi) is 3.97. The fourth-order valence-electron chi connectivity index (χ4n) is 3.10. The summed E-state index contributed by atoms with van der Waals surface area (Å²) in [4.78, 5) is 0.309. The molecule has 0 heterocycles. The van der Waals surface area contributed by atoms with Gasteiger partial charge in [-0.2, -0.15) is 0 Å². The molecule has 0 aromatic heterocycles. The normalized spacial score (nSPS) is 22.7. The number of hydrogen-bond donors (Lipinski definition) is 2. The molecule has 1 fully saturated rings. The summed E-state index contributed by atoms with van der Waals surface area (Å²) in [5, 5.41) is 11.0. The van der Waals surface area contributed by atoms with E-state index in [-0.39, 0.29) is 18.6 Å². The fraction of sp³-hybridized carbons (Fsp3) is 0.375. The predicted molar refractivity (Wildman–Crippen MR) is 82.5 cm³/mol. The van der Waals surface area contributed by atoms with Crippen LogP contribution in [0.4, 0.5) is 0 Å². The molecule has 112 valence electrons. The predicted octanol–water partition coefficient (Wildman–Crippen LogP) is 2.28. The molecule has 0 radical (unpaired) electrons. The Hall–Kier alpha value is -1.43. The van der Waals surface area contributed by atoms with Crippen molar-refractivity contribution in [3.8, 4) is 0 Å². The van der Waals surface area contributed by atoms with E-state index in [1.807, 2.05) is 30.3 Å². The third kappa shape index (κ3) is 2.81. The Morgan fingerprint density at radius 3 is 2.67 bits per heavy atom. The number of aliphatic hydroxyl groups is 1. The number of hydrogen-bond acceptors (Lipinski definition) is 3. The van der Waals surface area contributed by atoms with Gasteiger partial charge in [-0.3, -0.25) is 0 Å². The van der Waals surface area contributed by atoms with Crippen LogP contribution < -0.4 is 4.72 Å². The second kappa shape index (κ2) is 5.75. The van der Waals surface area contributed by atoms with E-state index in [9.17, 15) is 13.5 Å². The summed E-state index contributed by atoms with van der Waals surface area (Å²) in [5.41, 5.74) is 0. The Labute approximate surface area is 124 Å². The zero-order valence-corrected chi connectivity index (χ0v) is 12.5. The highest BCUT2D eigenvalue weighted by molar-refractivity contribution is 7.89. The first-order chi connectivity index (χ1) is 10.1. The van der Waals surface area contributed by atoms with Gasteiger partial charge < -0.3 is 5.11 Å². The van der Waals surface area contributed by atoms with Crippen molar-refractivity contribution in [2.24, 2.45) is 5.92 Å². The number of nitrogens with one attached hydrogen (secondary N) is 1. The highest BCUT2D eigenvalue weighted by Gasteiger charge is 2.31. The van der Waals surface area contributed by atoms with Gasteiger partial charge in [-0.15, -0.1) is 0 Å². The van der Waals surface area contributed by atoms with Gasteiger partial charge in [0.05, 0.1) is 4.90 Å². The van der Waals surface area contributed by atoms with Gasteiger partial charge in [0.2, 0.25) is 10.0 Å². The fourth-order valence-corrected chi connectivity index (χ4v) is 4.67. The molecule has 1 saturated carbocycles. The van der Waals surface area contributed by atoms with E-state index in [2.05, 4.69) is 4.72 Å². The standard InChI is InChI=1S/C16H19NO3S/c18-11-13-7-3-9-15(13)17-21(19,20)16-10-4-6-12-5-1-2-8-14(12)16/h1-2,4-6,8,10,13,15,17-18H,3,7,9,11H2. The van der Waals surface area contributed by atoms with E-state index in [0.29, 0.717) is 4.90 Å². The van der Waals surface area contributed by atoms with Crippen LogP contribution in [0.1, 0.15) is 19.3 Å². The first-order valence-electron chi connectivity index (χ1n) is 7.23. The summed E-state index contributed by atoms with van der Waals surface area (Å²) >= 11 is 0. The van der Waals surface area contributed by atoms with Crippen molar-refractivity contribution in [3.63, 3.8) is 0 Å². The van der Waals surface area contributed by atoms with Crippen molar-refractivity contribution in [2.45, 2.75) is 30.2 Å². The minimum atomic E-state index is -3.57. The van der Waals surface area contributed by atoms with Crippen LogP contribution in [0.3, 0.4) is 0 Å². The molecule has 1 aliphatic rings. The zero-order chi connectivity index (χ0) is 14.9. The lowest BCUT2D eigenvalue weighted by Crippen LogP contribution is -2.38. The summed E-state index contributed by atoms with van der Waals surface area (Å²) < 4.78 is 28.1. The number of fused-ring (bicyclic) bond motifs is 1. The maximum atomic E-state index is 12.7. The van der Waals surface area contributed by atoms with E-state index in [1.54, 1.807) is 12.1 Å². The molecule has 3 rings (SSSR count). The molecular weight excluding hydrogens is 286 g/mol. The van der Waals surface area contributed by atoms with Crippen LogP contribution >= 0.6 is 0 Å². The van der Waals surface area contributed by atoms with Gasteiger partial charge in [0.1, 0.15) is 0 Å². The molecule has 0 bridgehead atoms. The molecule has 2 atom stereocenters. The van der Waals surface area contributed by atoms with Crippen molar-refractivity contribution in [1.29, 1.82) is 0 Å². The van der Waals surface area contributed by atoms with E-state index in [4.69, 9.17) is 0 Å². The molecule has 2 aromatic carbocycles. The molecule has 0 amide bonds. The number of benzene rings is 2. The van der Waals surface area contributed by atoms with Crippen molar-refractivity contribution < 1.29 is 13.5 Å². The van der Waals surface area contributed by atoms with E-state index < -0.39 is 10.0 Å². The Morgan fingerprint density at radius 2 is 1.86 bits per heavy atom. The summed E-state index contributed by atoms with van der Waals surface area (Å²) in [5.74, 6) is 0.0229. The molecule has 5 heteroatoms. The van der Waals surface area contributed by atoms with E-state index >= 15 is 0 Å². The Balaban J connectivity index is 1.97. The van der Waals surface area contributed by atoms with Crippen molar-refractivity contribution in [3.05, 3.63) is 42.5 Å². The smallest absolute Gasteiger partial charge is 0.241 e. The van der Waals surface area contributed by atoms with Gasteiger partial charge in [-0.25, -0.2) is 13.1 Å². The second-order valence-corrected chi connectivity index (χ2v) is 7.26. The summed E-state index contributed by atoms with van der Waals surface area (Å²) in [6, 6.07) is 12.6. The maximum absolute atomic E-state index is 12.7. The minimum Gasteiger partial charge on any atom is -0.396 e.